The molecule has 1 rings (SSSR count). The molecular weight excluding hydrogens is 255 g/mol. The minimum Gasteiger partial charge on any atom is -0.423 e. The van der Waals surface area contributed by atoms with Crippen LogP contribution in [0.2, 0.25) is 18.1 Å². The lowest BCUT2D eigenvalue weighted by atomic mass is 9.79. The first-order valence-electron chi connectivity index (χ1n) is 6.64. The van der Waals surface area contributed by atoms with Crippen molar-refractivity contribution in [3.8, 4) is 0 Å². The van der Waals surface area contributed by atoms with Gasteiger partial charge >= 0.3 is 7.12 Å². The van der Waals surface area contributed by atoms with Gasteiger partial charge in [0.2, 0.25) is 0 Å². The third-order valence-corrected chi connectivity index (χ3v) is 8.54. The molecule has 0 spiro atoms. The van der Waals surface area contributed by atoms with Crippen LogP contribution in [0, 0.1) is 6.92 Å². The van der Waals surface area contributed by atoms with E-state index < -0.39 is 15.4 Å². The highest BCUT2D eigenvalue weighted by Gasteiger charge is 2.37. The maximum Gasteiger partial charge on any atom is 0.488 e. The van der Waals surface area contributed by atoms with Gasteiger partial charge in [-0.2, -0.15) is 0 Å². The van der Waals surface area contributed by atoms with E-state index in [9.17, 15) is 0 Å². The van der Waals surface area contributed by atoms with Crippen molar-refractivity contribution in [2.24, 2.45) is 0 Å². The monoisotopic (exact) mass is 280 g/mol. The molecule has 3 nitrogen and oxygen atoms in total. The lowest BCUT2D eigenvalue weighted by Crippen LogP contribution is -2.40. The third-order valence-electron chi connectivity index (χ3n) is 4.06. The number of benzene rings is 1. The second-order valence-electron chi connectivity index (χ2n) is 6.61. The average Bonchev–Trinajstić information content (AvgIpc) is 2.25. The quantitative estimate of drug-likeness (QED) is 0.831. The van der Waals surface area contributed by atoms with Crippen LogP contribution in [0.15, 0.2) is 18.2 Å². The molecule has 0 fully saturated rings. The molecule has 0 saturated carbocycles. The van der Waals surface area contributed by atoms with Gasteiger partial charge in [-0.1, -0.05) is 39.0 Å². The second-order valence-corrected chi connectivity index (χ2v) is 11.4. The highest BCUT2D eigenvalue weighted by molar-refractivity contribution is 6.74. The summed E-state index contributed by atoms with van der Waals surface area (Å²) in [4.78, 5) is 0. The first-order valence-corrected chi connectivity index (χ1v) is 9.55. The Labute approximate surface area is 117 Å². The number of hydrogen-bond donors (Lipinski definition) is 2. The van der Waals surface area contributed by atoms with Crippen LogP contribution in [-0.4, -0.2) is 25.5 Å². The van der Waals surface area contributed by atoms with Crippen molar-refractivity contribution in [2.45, 2.75) is 52.4 Å². The van der Waals surface area contributed by atoms with Crippen molar-refractivity contribution >= 4 is 20.9 Å². The molecule has 1 aromatic rings. The van der Waals surface area contributed by atoms with Crippen LogP contribution >= 0.6 is 0 Å². The summed E-state index contributed by atoms with van der Waals surface area (Å²) < 4.78 is 6.18. The van der Waals surface area contributed by atoms with Crippen molar-refractivity contribution in [3.63, 3.8) is 0 Å². The summed E-state index contributed by atoms with van der Waals surface area (Å²) >= 11 is 0. The topological polar surface area (TPSA) is 49.7 Å². The molecule has 0 aliphatic heterocycles. The smallest absolute Gasteiger partial charge is 0.423 e. The Morgan fingerprint density at radius 3 is 2.21 bits per heavy atom. The van der Waals surface area contributed by atoms with E-state index in [1.807, 2.05) is 13.0 Å². The Hall–Kier alpha value is -0.618. The zero-order valence-corrected chi connectivity index (χ0v) is 13.8. The molecule has 0 amide bonds. The third kappa shape index (κ3) is 4.18. The minimum absolute atomic E-state index is 0.197. The Morgan fingerprint density at radius 2 is 1.79 bits per heavy atom. The van der Waals surface area contributed by atoms with Gasteiger partial charge in [-0.05, 0) is 41.6 Å². The predicted molar refractivity (Wildman–Crippen MR) is 83.0 cm³/mol. The van der Waals surface area contributed by atoms with E-state index in [-0.39, 0.29) is 5.04 Å². The molecule has 0 saturated heterocycles. The van der Waals surface area contributed by atoms with Crippen molar-refractivity contribution in [1.29, 1.82) is 0 Å². The lowest BCUT2D eigenvalue weighted by molar-refractivity contribution is 0.275. The van der Waals surface area contributed by atoms with Gasteiger partial charge in [0.15, 0.2) is 8.32 Å². The molecule has 0 bridgehead atoms. The Kier molecular flexibility index (Phi) is 5.01. The van der Waals surface area contributed by atoms with E-state index in [1.54, 1.807) is 12.1 Å². The van der Waals surface area contributed by atoms with Gasteiger partial charge in [0, 0.05) is 0 Å². The van der Waals surface area contributed by atoms with Gasteiger partial charge in [-0.3, -0.25) is 0 Å². The molecule has 0 heterocycles. The van der Waals surface area contributed by atoms with Crippen LogP contribution in [0.3, 0.4) is 0 Å². The summed E-state index contributed by atoms with van der Waals surface area (Å²) in [7, 11) is -3.15. The van der Waals surface area contributed by atoms with Crippen molar-refractivity contribution in [2.75, 3.05) is 0 Å². The molecule has 0 aromatic heterocycles. The van der Waals surface area contributed by atoms with Crippen LogP contribution in [0.5, 0.6) is 0 Å². The van der Waals surface area contributed by atoms with E-state index in [4.69, 9.17) is 14.5 Å². The lowest BCUT2D eigenvalue weighted by Gasteiger charge is -2.36. The second kappa shape index (κ2) is 5.79. The van der Waals surface area contributed by atoms with E-state index in [1.165, 1.54) is 0 Å². The van der Waals surface area contributed by atoms with E-state index in [0.717, 1.165) is 11.1 Å². The van der Waals surface area contributed by atoms with Gasteiger partial charge in [-0.25, -0.2) is 0 Å². The molecule has 106 valence electrons. The van der Waals surface area contributed by atoms with Gasteiger partial charge in [-0.15, -0.1) is 0 Å². The van der Waals surface area contributed by atoms with Gasteiger partial charge in [0.05, 0.1) is 6.61 Å². The highest BCUT2D eigenvalue weighted by Crippen LogP contribution is 2.37. The first-order chi connectivity index (χ1) is 8.54. The maximum absolute atomic E-state index is 9.14. The fraction of sp³-hybridized carbons (Fsp3) is 0.571. The van der Waals surface area contributed by atoms with Gasteiger partial charge in [0.25, 0.3) is 0 Å². The van der Waals surface area contributed by atoms with E-state index in [0.29, 0.717) is 12.1 Å². The molecule has 0 atom stereocenters. The maximum atomic E-state index is 9.14. The molecule has 5 heteroatoms. The minimum atomic E-state index is -1.74. The normalized spacial score (nSPS) is 12.6. The van der Waals surface area contributed by atoms with Gasteiger partial charge in [0.1, 0.15) is 0 Å². The van der Waals surface area contributed by atoms with Crippen LogP contribution in [0.1, 0.15) is 31.9 Å². The standard InChI is InChI=1S/C14H25BO3Si/c1-11-9-13(15(16)17)8-7-12(11)10-18-19(5,6)14(2,3)4/h7-9,16-17H,10H2,1-6H3. The van der Waals surface area contributed by atoms with Gasteiger partial charge < -0.3 is 14.5 Å². The first kappa shape index (κ1) is 16.4. The number of aryl methyl sites for hydroxylation is 1. The fourth-order valence-corrected chi connectivity index (χ4v) is 2.47. The molecule has 1 aromatic carbocycles. The number of rotatable bonds is 4. The molecule has 19 heavy (non-hydrogen) atoms. The Bertz CT molecular complexity index is 439. The predicted octanol–water partition coefficient (Wildman–Crippen LogP) is 2.20. The molecule has 0 radical (unpaired) electrons. The fourth-order valence-electron chi connectivity index (χ4n) is 1.52. The van der Waals surface area contributed by atoms with E-state index in [2.05, 4.69) is 33.9 Å². The zero-order valence-electron chi connectivity index (χ0n) is 12.8. The van der Waals surface area contributed by atoms with E-state index >= 15 is 0 Å². The summed E-state index contributed by atoms with van der Waals surface area (Å²) in [6.45, 7) is 13.7. The van der Waals surface area contributed by atoms with Crippen LogP contribution in [0.25, 0.3) is 0 Å². The molecule has 0 unspecified atom stereocenters. The summed E-state index contributed by atoms with van der Waals surface area (Å²) in [5, 5.41) is 18.5. The number of hydrogen-bond acceptors (Lipinski definition) is 3. The highest BCUT2D eigenvalue weighted by atomic mass is 28.4. The summed E-state index contributed by atoms with van der Waals surface area (Å²) in [5.74, 6) is 0. The summed E-state index contributed by atoms with van der Waals surface area (Å²) in [6, 6.07) is 5.45. The largest absolute Gasteiger partial charge is 0.488 e. The zero-order chi connectivity index (χ0) is 14.8. The molecular formula is C14H25BO3Si. The van der Waals surface area contributed by atoms with Crippen molar-refractivity contribution in [1.82, 2.24) is 0 Å². The average molecular weight is 280 g/mol. The van der Waals surface area contributed by atoms with Crippen molar-refractivity contribution in [3.05, 3.63) is 29.3 Å². The van der Waals surface area contributed by atoms with Crippen LogP contribution in [-0.2, 0) is 11.0 Å². The SMILES string of the molecule is Cc1cc(B(O)O)ccc1CO[Si](C)(C)C(C)(C)C. The Balaban J connectivity index is 2.79. The summed E-state index contributed by atoms with van der Waals surface area (Å²) in [6.07, 6.45) is 0. The molecule has 2 N–H and O–H groups in total. The van der Waals surface area contributed by atoms with Crippen LogP contribution in [0.4, 0.5) is 0 Å². The van der Waals surface area contributed by atoms with Crippen LogP contribution < -0.4 is 5.46 Å². The molecule has 0 aliphatic rings. The summed E-state index contributed by atoms with van der Waals surface area (Å²) in [5.41, 5.74) is 2.66. The Morgan fingerprint density at radius 1 is 1.21 bits per heavy atom. The van der Waals surface area contributed by atoms with Crippen molar-refractivity contribution < 1.29 is 14.5 Å². The molecule has 0 aliphatic carbocycles.